The van der Waals surface area contributed by atoms with Crippen LogP contribution in [0.15, 0.2) is 43.2 Å². The van der Waals surface area contributed by atoms with Crippen LogP contribution in [-0.2, 0) is 4.79 Å². The van der Waals surface area contributed by atoms with Crippen molar-refractivity contribution < 1.29 is 4.79 Å². The maximum Gasteiger partial charge on any atom is 0.138 e. The SMILES string of the molecule is C=C(c1cncc(C)c1)c1cc(C)ccc1N.CCCCCCC(=O)C(C)(C)C. The lowest BCUT2D eigenvalue weighted by Crippen LogP contribution is -2.19. The molecule has 0 saturated carbocycles. The Morgan fingerprint density at radius 2 is 1.72 bits per heavy atom. The van der Waals surface area contributed by atoms with Crippen molar-refractivity contribution in [3.05, 3.63) is 65.5 Å². The Bertz CT molecular complexity index is 816. The van der Waals surface area contributed by atoms with Crippen molar-refractivity contribution in [2.45, 2.75) is 73.6 Å². The molecule has 0 spiro atoms. The number of anilines is 1. The van der Waals surface area contributed by atoms with E-state index in [4.69, 9.17) is 5.73 Å². The smallest absolute Gasteiger partial charge is 0.138 e. The van der Waals surface area contributed by atoms with Crippen LogP contribution in [0.5, 0.6) is 0 Å². The van der Waals surface area contributed by atoms with Gasteiger partial charge in [0.15, 0.2) is 0 Å². The van der Waals surface area contributed by atoms with Crippen LogP contribution in [0.1, 0.15) is 82.1 Å². The number of nitrogens with two attached hydrogens (primary N) is 1. The molecule has 0 saturated heterocycles. The molecule has 0 amide bonds. The van der Waals surface area contributed by atoms with Crippen LogP contribution in [0.3, 0.4) is 0 Å². The molecule has 0 unspecified atom stereocenters. The molecule has 0 atom stereocenters. The van der Waals surface area contributed by atoms with Crippen molar-refractivity contribution in [3.63, 3.8) is 0 Å². The van der Waals surface area contributed by atoms with Gasteiger partial charge in [-0.05, 0) is 49.6 Å². The van der Waals surface area contributed by atoms with Crippen LogP contribution < -0.4 is 5.73 Å². The van der Waals surface area contributed by atoms with E-state index in [0.717, 1.165) is 40.8 Å². The number of rotatable bonds is 7. The summed E-state index contributed by atoms with van der Waals surface area (Å²) in [6.07, 6.45) is 9.19. The number of nitrogens with zero attached hydrogens (tertiary/aromatic N) is 1. The van der Waals surface area contributed by atoms with Crippen molar-refractivity contribution in [3.8, 4) is 0 Å². The number of pyridine rings is 1. The lowest BCUT2D eigenvalue weighted by molar-refractivity contribution is -0.126. The molecule has 3 nitrogen and oxygen atoms in total. The summed E-state index contributed by atoms with van der Waals surface area (Å²) in [5.41, 5.74) is 11.8. The molecular weight excluding hydrogens is 356 g/mol. The predicted molar refractivity (Wildman–Crippen MR) is 126 cm³/mol. The first-order chi connectivity index (χ1) is 13.6. The Kier molecular flexibility index (Phi) is 9.80. The summed E-state index contributed by atoms with van der Waals surface area (Å²) in [6.45, 7) is 16.4. The minimum absolute atomic E-state index is 0.133. The number of ketones is 1. The lowest BCUT2D eigenvalue weighted by Gasteiger charge is -2.15. The van der Waals surface area contributed by atoms with Crippen LogP contribution in [-0.4, -0.2) is 10.8 Å². The van der Waals surface area contributed by atoms with E-state index >= 15 is 0 Å². The standard InChI is InChI=1S/C15H16N2.C11H22O/c1-10-4-5-15(16)14(7-10)12(3)13-6-11(2)8-17-9-13;1-5-6-7-8-9-10(12)11(2,3)4/h4-9H,3,16H2,1-2H3;5-9H2,1-4H3. The number of aryl methyl sites for hydroxylation is 2. The number of aromatic nitrogens is 1. The zero-order valence-electron chi connectivity index (χ0n) is 19.1. The average molecular weight is 395 g/mol. The Labute approximate surface area is 177 Å². The second-order valence-corrected chi connectivity index (χ2v) is 8.80. The molecule has 2 aromatic rings. The number of Topliss-reactive ketones (excluding diaryl/α,β-unsaturated/α-hetero) is 1. The Hall–Kier alpha value is -2.42. The normalized spacial score (nSPS) is 10.8. The third kappa shape index (κ3) is 8.64. The third-order valence-electron chi connectivity index (χ3n) is 4.85. The molecule has 0 aliphatic heterocycles. The zero-order chi connectivity index (χ0) is 22.0. The number of hydrogen-bond acceptors (Lipinski definition) is 3. The molecule has 0 aliphatic carbocycles. The molecule has 2 N–H and O–H groups in total. The second kappa shape index (κ2) is 11.5. The van der Waals surface area contributed by atoms with Crippen molar-refractivity contribution in [2.24, 2.45) is 5.41 Å². The largest absolute Gasteiger partial charge is 0.398 e. The van der Waals surface area contributed by atoms with E-state index in [9.17, 15) is 4.79 Å². The first-order valence-corrected chi connectivity index (χ1v) is 10.6. The summed E-state index contributed by atoms with van der Waals surface area (Å²) >= 11 is 0. The van der Waals surface area contributed by atoms with Gasteiger partial charge in [-0.1, -0.05) is 65.2 Å². The van der Waals surface area contributed by atoms with Crippen LogP contribution in [0.4, 0.5) is 5.69 Å². The molecule has 1 aromatic carbocycles. The van der Waals surface area contributed by atoms with Crippen LogP contribution >= 0.6 is 0 Å². The molecule has 2 rings (SSSR count). The van der Waals surface area contributed by atoms with Gasteiger partial charge in [0, 0.05) is 41.0 Å². The fourth-order valence-corrected chi connectivity index (χ4v) is 2.89. The van der Waals surface area contributed by atoms with Crippen LogP contribution in [0, 0.1) is 19.3 Å². The van der Waals surface area contributed by atoms with Gasteiger partial charge in [-0.3, -0.25) is 9.78 Å². The van der Waals surface area contributed by atoms with Gasteiger partial charge in [0.1, 0.15) is 5.78 Å². The highest BCUT2D eigenvalue weighted by molar-refractivity contribution is 5.84. The van der Waals surface area contributed by atoms with Gasteiger partial charge in [-0.15, -0.1) is 0 Å². The Balaban J connectivity index is 0.000000311. The monoisotopic (exact) mass is 394 g/mol. The molecule has 0 fully saturated rings. The van der Waals surface area contributed by atoms with Gasteiger partial charge in [0.25, 0.3) is 0 Å². The second-order valence-electron chi connectivity index (χ2n) is 8.80. The summed E-state index contributed by atoms with van der Waals surface area (Å²) in [5, 5.41) is 0. The van der Waals surface area contributed by atoms with E-state index < -0.39 is 0 Å². The number of unbranched alkanes of at least 4 members (excludes halogenated alkanes) is 3. The van der Waals surface area contributed by atoms with Gasteiger partial charge >= 0.3 is 0 Å². The highest BCUT2D eigenvalue weighted by atomic mass is 16.1. The number of carbonyl (C=O) groups excluding carboxylic acids is 1. The Morgan fingerprint density at radius 1 is 1.03 bits per heavy atom. The summed E-state index contributed by atoms with van der Waals surface area (Å²) in [5.74, 6) is 0.401. The molecule has 1 aromatic heterocycles. The third-order valence-corrected chi connectivity index (χ3v) is 4.85. The highest BCUT2D eigenvalue weighted by Crippen LogP contribution is 2.27. The fraction of sp³-hybridized carbons (Fsp3) is 0.462. The van der Waals surface area contributed by atoms with Gasteiger partial charge in [-0.2, -0.15) is 0 Å². The quantitative estimate of drug-likeness (QED) is 0.410. The molecule has 0 aliphatic rings. The highest BCUT2D eigenvalue weighted by Gasteiger charge is 2.19. The van der Waals surface area contributed by atoms with Crippen molar-refractivity contribution >= 4 is 17.0 Å². The molecule has 3 heteroatoms. The van der Waals surface area contributed by atoms with Gasteiger partial charge in [-0.25, -0.2) is 0 Å². The summed E-state index contributed by atoms with van der Waals surface area (Å²) in [7, 11) is 0. The van der Waals surface area contributed by atoms with Crippen molar-refractivity contribution in [1.29, 1.82) is 0 Å². The minimum atomic E-state index is -0.133. The van der Waals surface area contributed by atoms with E-state index in [-0.39, 0.29) is 5.41 Å². The predicted octanol–water partition coefficient (Wildman–Crippen LogP) is 6.91. The maximum atomic E-state index is 11.4. The molecule has 0 radical (unpaired) electrons. The van der Waals surface area contributed by atoms with E-state index in [2.05, 4.69) is 30.6 Å². The Morgan fingerprint density at radius 3 is 2.31 bits per heavy atom. The zero-order valence-corrected chi connectivity index (χ0v) is 19.1. The molecular formula is C26H38N2O. The summed E-state index contributed by atoms with van der Waals surface area (Å²) in [6, 6.07) is 8.04. The van der Waals surface area contributed by atoms with Crippen LogP contribution in [0.2, 0.25) is 0 Å². The van der Waals surface area contributed by atoms with Gasteiger partial charge in [0.2, 0.25) is 0 Å². The first-order valence-electron chi connectivity index (χ1n) is 10.6. The minimum Gasteiger partial charge on any atom is -0.398 e. The topological polar surface area (TPSA) is 56.0 Å². The van der Waals surface area contributed by atoms with E-state index in [1.54, 1.807) is 0 Å². The van der Waals surface area contributed by atoms with E-state index in [1.165, 1.54) is 24.8 Å². The fourth-order valence-electron chi connectivity index (χ4n) is 2.89. The molecule has 0 bridgehead atoms. The number of carbonyl (C=O) groups is 1. The first kappa shape index (κ1) is 24.6. The summed E-state index contributed by atoms with van der Waals surface area (Å²) in [4.78, 5) is 15.6. The number of nitrogen functional groups attached to an aromatic ring is 1. The van der Waals surface area contributed by atoms with E-state index in [0.29, 0.717) is 5.78 Å². The van der Waals surface area contributed by atoms with Crippen molar-refractivity contribution in [1.82, 2.24) is 4.98 Å². The molecule has 29 heavy (non-hydrogen) atoms. The average Bonchev–Trinajstić information content (AvgIpc) is 2.66. The number of benzene rings is 1. The van der Waals surface area contributed by atoms with Gasteiger partial charge < -0.3 is 5.73 Å². The van der Waals surface area contributed by atoms with Crippen molar-refractivity contribution in [2.75, 3.05) is 5.73 Å². The summed E-state index contributed by atoms with van der Waals surface area (Å²) < 4.78 is 0. The molecule has 1 heterocycles. The van der Waals surface area contributed by atoms with Gasteiger partial charge in [0.05, 0.1) is 0 Å². The lowest BCUT2D eigenvalue weighted by atomic mass is 9.88. The van der Waals surface area contributed by atoms with E-state index in [1.807, 2.05) is 59.1 Å². The maximum absolute atomic E-state index is 11.4. The number of hydrogen-bond donors (Lipinski definition) is 1. The molecule has 158 valence electrons. The van der Waals surface area contributed by atoms with Crippen LogP contribution in [0.25, 0.3) is 5.57 Å².